The molecule has 0 aliphatic carbocycles. The number of hydrogen-bond acceptors (Lipinski definition) is 4. The fraction of sp³-hybridized carbons (Fsp3) is 0.0625. The highest BCUT2D eigenvalue weighted by atomic mass is 79.9. The van der Waals surface area contributed by atoms with Crippen LogP contribution in [0.5, 0.6) is 5.75 Å². The molecule has 0 aromatic heterocycles. The molecule has 2 aromatic carbocycles. The van der Waals surface area contributed by atoms with Crippen molar-refractivity contribution in [1.82, 2.24) is 5.43 Å². The number of benzene rings is 2. The summed E-state index contributed by atoms with van der Waals surface area (Å²) < 4.78 is 2.62. The maximum Gasteiger partial charge on any atom is 0.314 e. The van der Waals surface area contributed by atoms with Crippen molar-refractivity contribution in [3.8, 4) is 5.75 Å². The molecule has 116 valence electrons. The number of phenolic OH excluding ortho intramolecular Hbond substituents is 1. The second-order valence-corrected chi connectivity index (χ2v) is 5.88. The smallest absolute Gasteiger partial charge is 0.314 e. The van der Waals surface area contributed by atoms with E-state index >= 15 is 0 Å². The Bertz CT molecular complexity index is 846. The van der Waals surface area contributed by atoms with E-state index in [-0.39, 0.29) is 18.1 Å². The lowest BCUT2D eigenvalue weighted by atomic mass is 10.2. The van der Waals surface area contributed by atoms with Crippen molar-refractivity contribution in [3.63, 3.8) is 0 Å². The van der Waals surface area contributed by atoms with Crippen LogP contribution in [-0.4, -0.2) is 27.6 Å². The molecule has 23 heavy (non-hydrogen) atoms. The zero-order valence-corrected chi connectivity index (χ0v) is 13.6. The number of carbonyl (C=O) groups is 1. The molecule has 0 spiro atoms. The van der Waals surface area contributed by atoms with Gasteiger partial charge < -0.3 is 5.11 Å². The lowest BCUT2D eigenvalue weighted by Crippen LogP contribution is -2.33. The molecule has 1 amide bonds. The number of para-hydroxylation sites is 2. The monoisotopic (exact) mass is 373 g/mol. The minimum atomic E-state index is -0.339. The maximum absolute atomic E-state index is 11.6. The van der Waals surface area contributed by atoms with Gasteiger partial charge in [0, 0.05) is 4.47 Å². The number of nitrogens with two attached hydrogens (primary N) is 1. The first-order chi connectivity index (χ1) is 11.1. The number of hydrazine groups is 1. The van der Waals surface area contributed by atoms with Crippen LogP contribution < -0.4 is 11.3 Å². The van der Waals surface area contributed by atoms with Gasteiger partial charge in [0.15, 0.2) is 5.69 Å². The first-order valence-corrected chi connectivity index (χ1v) is 7.66. The number of nitrogens with zero attached hydrogens (tertiary/aromatic N) is 2. The summed E-state index contributed by atoms with van der Waals surface area (Å²) in [6.07, 6.45) is 1.78. The van der Waals surface area contributed by atoms with Crippen LogP contribution in [0.2, 0.25) is 0 Å². The van der Waals surface area contributed by atoms with Gasteiger partial charge in [0.25, 0.3) is 0 Å². The number of halogens is 1. The second-order valence-electron chi connectivity index (χ2n) is 4.96. The number of nitrogens with one attached hydrogen (secondary N) is 1. The van der Waals surface area contributed by atoms with Gasteiger partial charge in [-0.25, -0.2) is 5.84 Å². The van der Waals surface area contributed by atoms with E-state index in [1.807, 2.05) is 24.3 Å². The molecule has 0 bridgehead atoms. The number of rotatable bonds is 3. The number of hydrogen-bond donors (Lipinski definition) is 3. The Balaban J connectivity index is 2.09. The van der Waals surface area contributed by atoms with E-state index in [1.54, 1.807) is 29.0 Å². The SMILES string of the molecule is NNC(=O)CC1=Nc2ccccc2[N+]1=Cc1cc(Br)ccc1O. The molecule has 0 atom stereocenters. The molecule has 1 aliphatic heterocycles. The van der Waals surface area contributed by atoms with Crippen LogP contribution in [0.15, 0.2) is 51.9 Å². The Morgan fingerprint density at radius 1 is 1.35 bits per heavy atom. The molecule has 4 N–H and O–H groups in total. The van der Waals surface area contributed by atoms with Crippen molar-refractivity contribution in [1.29, 1.82) is 0 Å². The van der Waals surface area contributed by atoms with Gasteiger partial charge in [0.05, 0.1) is 5.56 Å². The molecule has 3 rings (SSSR count). The highest BCUT2D eigenvalue weighted by Gasteiger charge is 2.31. The van der Waals surface area contributed by atoms with Crippen LogP contribution in [0.25, 0.3) is 0 Å². The van der Waals surface area contributed by atoms with Gasteiger partial charge in [-0.05, 0) is 35.3 Å². The lowest BCUT2D eigenvalue weighted by molar-refractivity contribution is -0.296. The Morgan fingerprint density at radius 3 is 2.91 bits per heavy atom. The Kier molecular flexibility index (Phi) is 4.22. The van der Waals surface area contributed by atoms with Crippen LogP contribution in [0.4, 0.5) is 11.4 Å². The van der Waals surface area contributed by atoms with Gasteiger partial charge in [-0.15, -0.1) is 0 Å². The number of fused-ring (bicyclic) bond motifs is 1. The van der Waals surface area contributed by atoms with Crippen LogP contribution in [0, 0.1) is 0 Å². The van der Waals surface area contributed by atoms with E-state index in [1.165, 1.54) is 0 Å². The van der Waals surface area contributed by atoms with E-state index in [0.717, 1.165) is 15.8 Å². The molecule has 0 unspecified atom stereocenters. The van der Waals surface area contributed by atoms with Gasteiger partial charge in [-0.2, -0.15) is 4.58 Å². The number of aliphatic imine (C=N–C) groups is 1. The number of phenols is 1. The summed E-state index contributed by atoms with van der Waals surface area (Å²) in [5.41, 5.74) is 4.32. The van der Waals surface area contributed by atoms with Gasteiger partial charge in [-0.3, -0.25) is 10.2 Å². The summed E-state index contributed by atoms with van der Waals surface area (Å²) in [4.78, 5) is 16.1. The topological polar surface area (TPSA) is 90.7 Å². The van der Waals surface area contributed by atoms with Crippen LogP contribution >= 0.6 is 15.9 Å². The molecular formula is C16H14BrN4O2+. The van der Waals surface area contributed by atoms with Gasteiger partial charge >= 0.3 is 5.84 Å². The molecule has 0 radical (unpaired) electrons. The summed E-state index contributed by atoms with van der Waals surface area (Å²) in [5, 5.41) is 10.0. The number of aromatic hydroxyl groups is 1. The average Bonchev–Trinajstić information content (AvgIpc) is 2.88. The largest absolute Gasteiger partial charge is 0.507 e. The first kappa shape index (κ1) is 15.4. The summed E-state index contributed by atoms with van der Waals surface area (Å²) in [7, 11) is 0. The predicted molar refractivity (Wildman–Crippen MR) is 91.4 cm³/mol. The maximum atomic E-state index is 11.6. The Labute approximate surface area is 141 Å². The Hall–Kier alpha value is -2.51. The van der Waals surface area contributed by atoms with Crippen molar-refractivity contribution < 1.29 is 14.5 Å². The second kappa shape index (κ2) is 6.31. The minimum Gasteiger partial charge on any atom is -0.507 e. The van der Waals surface area contributed by atoms with E-state index in [9.17, 15) is 9.90 Å². The fourth-order valence-corrected chi connectivity index (χ4v) is 2.70. The van der Waals surface area contributed by atoms with E-state index in [2.05, 4.69) is 26.3 Å². The van der Waals surface area contributed by atoms with Crippen molar-refractivity contribution in [2.24, 2.45) is 10.8 Å². The zero-order chi connectivity index (χ0) is 16.4. The third-order valence-corrected chi connectivity index (χ3v) is 3.90. The molecule has 7 heteroatoms. The molecule has 1 aliphatic rings. The van der Waals surface area contributed by atoms with Crippen LogP contribution in [0.3, 0.4) is 0 Å². The molecule has 0 fully saturated rings. The Morgan fingerprint density at radius 2 is 2.13 bits per heavy atom. The standard InChI is InChI=1S/C16H13BrN4O2/c17-11-5-6-14(22)10(7-11)9-21-13-4-2-1-3-12(13)19-15(21)8-16(23)20-18/h1-7,9H,8,18H2,(H,20,23)/p+1. The van der Waals surface area contributed by atoms with Crippen LogP contribution in [-0.2, 0) is 4.79 Å². The molecule has 1 heterocycles. The quantitative estimate of drug-likeness (QED) is 0.333. The number of amides is 1. The van der Waals surface area contributed by atoms with Gasteiger partial charge in [-0.1, -0.05) is 28.1 Å². The summed E-state index contributed by atoms with van der Waals surface area (Å²) in [5.74, 6) is 5.50. The molecule has 6 nitrogen and oxygen atoms in total. The molecule has 2 aromatic rings. The highest BCUT2D eigenvalue weighted by Crippen LogP contribution is 2.34. The number of carbonyl (C=O) groups excluding carboxylic acids is 1. The fourth-order valence-electron chi connectivity index (χ4n) is 2.33. The zero-order valence-electron chi connectivity index (χ0n) is 12.0. The van der Waals surface area contributed by atoms with Crippen LogP contribution in [0.1, 0.15) is 12.0 Å². The normalized spacial score (nSPS) is 14.5. The van der Waals surface area contributed by atoms with Crippen molar-refractivity contribution in [2.45, 2.75) is 6.42 Å². The van der Waals surface area contributed by atoms with E-state index < -0.39 is 0 Å². The third kappa shape index (κ3) is 3.15. The molecule has 0 saturated heterocycles. The molecule has 0 saturated carbocycles. The number of amidine groups is 1. The molecular weight excluding hydrogens is 360 g/mol. The van der Waals surface area contributed by atoms with Crippen molar-refractivity contribution in [3.05, 3.63) is 52.5 Å². The van der Waals surface area contributed by atoms with E-state index in [4.69, 9.17) is 5.84 Å². The van der Waals surface area contributed by atoms with Gasteiger partial charge in [0.1, 0.15) is 18.4 Å². The predicted octanol–water partition coefficient (Wildman–Crippen LogP) is 2.34. The van der Waals surface area contributed by atoms with Gasteiger partial charge in [0.2, 0.25) is 11.6 Å². The summed E-state index contributed by atoms with van der Waals surface area (Å²) in [6, 6.07) is 12.7. The third-order valence-electron chi connectivity index (χ3n) is 3.41. The summed E-state index contributed by atoms with van der Waals surface area (Å²) in [6.45, 7) is 0. The minimum absolute atomic E-state index is 0.0381. The summed E-state index contributed by atoms with van der Waals surface area (Å²) >= 11 is 3.38. The van der Waals surface area contributed by atoms with E-state index in [0.29, 0.717) is 11.4 Å². The first-order valence-electron chi connectivity index (χ1n) is 6.87. The highest BCUT2D eigenvalue weighted by molar-refractivity contribution is 9.10. The lowest BCUT2D eigenvalue weighted by Gasteiger charge is -2.03. The van der Waals surface area contributed by atoms with Crippen molar-refractivity contribution in [2.75, 3.05) is 0 Å². The average molecular weight is 374 g/mol. The van der Waals surface area contributed by atoms with Crippen molar-refractivity contribution >= 4 is 45.3 Å².